The number of aromatic amines is 1. The number of para-hydroxylation sites is 1. The van der Waals surface area contributed by atoms with Crippen molar-refractivity contribution < 1.29 is 13.9 Å². The molecule has 0 atom stereocenters. The van der Waals surface area contributed by atoms with Crippen LogP contribution in [0.2, 0.25) is 5.02 Å². The molecule has 0 spiro atoms. The maximum Gasteiger partial charge on any atom is 0.275 e. The van der Waals surface area contributed by atoms with Gasteiger partial charge in [0.1, 0.15) is 6.26 Å². The smallest absolute Gasteiger partial charge is 0.275 e. The average molecular weight is 479 g/mol. The highest BCUT2D eigenvalue weighted by molar-refractivity contribution is 6.31. The van der Waals surface area contributed by atoms with Gasteiger partial charge in [-0.25, -0.2) is 4.98 Å². The number of halogens is 1. The summed E-state index contributed by atoms with van der Waals surface area (Å²) in [4.78, 5) is 24.6. The fraction of sp³-hybridized carbons (Fsp3) is 0.308. The van der Waals surface area contributed by atoms with Crippen LogP contribution in [-0.4, -0.2) is 58.5 Å². The van der Waals surface area contributed by atoms with Crippen LogP contribution in [-0.2, 0) is 24.2 Å². The van der Waals surface area contributed by atoms with Gasteiger partial charge in [-0.2, -0.15) is 0 Å². The zero-order chi connectivity index (χ0) is 23.3. The third kappa shape index (κ3) is 5.17. The first-order valence-electron chi connectivity index (χ1n) is 11.5. The molecule has 1 N–H and O–H groups in total. The molecule has 176 valence electrons. The van der Waals surface area contributed by atoms with Crippen LogP contribution < -0.4 is 0 Å². The zero-order valence-electron chi connectivity index (χ0n) is 18.9. The van der Waals surface area contributed by atoms with E-state index in [0.29, 0.717) is 51.0 Å². The quantitative estimate of drug-likeness (QED) is 0.403. The Labute approximate surface area is 203 Å². The van der Waals surface area contributed by atoms with E-state index >= 15 is 0 Å². The lowest BCUT2D eigenvalue weighted by molar-refractivity contribution is 0.0299. The van der Waals surface area contributed by atoms with Crippen LogP contribution >= 0.6 is 11.6 Å². The first-order valence-corrected chi connectivity index (χ1v) is 11.9. The number of nitrogens with one attached hydrogen (secondary N) is 1. The third-order valence-corrected chi connectivity index (χ3v) is 6.52. The highest BCUT2D eigenvalue weighted by Gasteiger charge is 2.22. The number of benzene rings is 2. The van der Waals surface area contributed by atoms with E-state index in [1.165, 1.54) is 17.2 Å². The van der Waals surface area contributed by atoms with Crippen LogP contribution in [0.1, 0.15) is 27.5 Å². The molecule has 1 amide bonds. The van der Waals surface area contributed by atoms with Crippen molar-refractivity contribution in [2.45, 2.75) is 19.5 Å². The van der Waals surface area contributed by atoms with E-state index in [9.17, 15) is 4.79 Å². The molecule has 0 aliphatic carbocycles. The van der Waals surface area contributed by atoms with Crippen LogP contribution in [0.15, 0.2) is 65.4 Å². The van der Waals surface area contributed by atoms with Crippen LogP contribution in [0.4, 0.5) is 0 Å². The first-order chi connectivity index (χ1) is 16.7. The number of oxazole rings is 1. The number of rotatable bonds is 8. The van der Waals surface area contributed by atoms with E-state index in [1.54, 1.807) is 4.90 Å². The number of fused-ring (bicyclic) bond motifs is 1. The Kier molecular flexibility index (Phi) is 6.94. The first kappa shape index (κ1) is 22.7. The molecule has 0 bridgehead atoms. The van der Waals surface area contributed by atoms with Crippen molar-refractivity contribution in [1.82, 2.24) is 19.8 Å². The van der Waals surface area contributed by atoms with Gasteiger partial charge in [-0.05, 0) is 29.7 Å². The van der Waals surface area contributed by atoms with Crippen molar-refractivity contribution in [2.75, 3.05) is 32.8 Å². The molecule has 0 unspecified atom stereocenters. The van der Waals surface area contributed by atoms with Crippen LogP contribution in [0.25, 0.3) is 10.9 Å². The summed E-state index contributed by atoms with van der Waals surface area (Å²) in [6.07, 6.45) is 4.39. The molecule has 7 nitrogen and oxygen atoms in total. The Morgan fingerprint density at radius 2 is 1.85 bits per heavy atom. The van der Waals surface area contributed by atoms with Crippen LogP contribution in [0.3, 0.4) is 0 Å². The molecule has 8 heteroatoms. The summed E-state index contributed by atoms with van der Waals surface area (Å²) in [6.45, 7) is 4.16. The minimum Gasteiger partial charge on any atom is -0.447 e. The van der Waals surface area contributed by atoms with E-state index in [2.05, 4.69) is 39.3 Å². The van der Waals surface area contributed by atoms with E-state index in [-0.39, 0.29) is 5.91 Å². The van der Waals surface area contributed by atoms with Crippen molar-refractivity contribution in [3.8, 4) is 0 Å². The molecule has 2 aromatic carbocycles. The van der Waals surface area contributed by atoms with Gasteiger partial charge in [-0.3, -0.25) is 9.69 Å². The topological polar surface area (TPSA) is 74.6 Å². The Morgan fingerprint density at radius 1 is 1.06 bits per heavy atom. The van der Waals surface area contributed by atoms with E-state index < -0.39 is 0 Å². The van der Waals surface area contributed by atoms with Gasteiger partial charge >= 0.3 is 0 Å². The van der Waals surface area contributed by atoms with Crippen LogP contribution in [0.5, 0.6) is 0 Å². The number of carbonyl (C=O) groups is 1. The Bertz CT molecular complexity index is 1260. The lowest BCUT2D eigenvalue weighted by Gasteiger charge is -2.25. The fourth-order valence-corrected chi connectivity index (χ4v) is 4.50. The number of carbonyl (C=O) groups excluding carboxylic acids is 1. The molecule has 34 heavy (non-hydrogen) atoms. The summed E-state index contributed by atoms with van der Waals surface area (Å²) in [5.41, 5.74) is 3.77. The van der Waals surface area contributed by atoms with Crippen LogP contribution in [0, 0.1) is 0 Å². The lowest BCUT2D eigenvalue weighted by atomic mass is 10.1. The largest absolute Gasteiger partial charge is 0.447 e. The second-order valence-electron chi connectivity index (χ2n) is 8.44. The molecular formula is C26H27ClN4O3. The van der Waals surface area contributed by atoms with Gasteiger partial charge in [-0.15, -0.1) is 0 Å². The normalized spacial score (nSPS) is 14.2. The van der Waals surface area contributed by atoms with E-state index in [4.69, 9.17) is 20.8 Å². The highest BCUT2D eigenvalue weighted by Crippen LogP contribution is 2.22. The fourth-order valence-electron chi connectivity index (χ4n) is 4.30. The summed E-state index contributed by atoms with van der Waals surface area (Å²) in [6, 6.07) is 16.2. The number of H-pyrrole nitrogens is 1. The van der Waals surface area contributed by atoms with Crippen molar-refractivity contribution >= 4 is 28.4 Å². The van der Waals surface area contributed by atoms with Gasteiger partial charge < -0.3 is 19.0 Å². The minimum absolute atomic E-state index is 0.116. The van der Waals surface area contributed by atoms with Crippen molar-refractivity contribution in [3.63, 3.8) is 0 Å². The molecule has 2 aromatic heterocycles. The number of hydrogen-bond donors (Lipinski definition) is 1. The van der Waals surface area contributed by atoms with Gasteiger partial charge in [0.15, 0.2) is 5.69 Å². The Morgan fingerprint density at radius 3 is 2.71 bits per heavy atom. The number of ether oxygens (including phenoxy) is 1. The predicted octanol–water partition coefficient (Wildman–Crippen LogP) is 4.53. The SMILES string of the molecule is O=C(c1coc(CN(CCc2c[nH]c3ccccc23)Cc2ccccc2Cl)n1)N1CCOCC1. The van der Waals surface area contributed by atoms with Crippen molar-refractivity contribution in [1.29, 1.82) is 0 Å². The molecule has 1 fully saturated rings. The summed E-state index contributed by atoms with van der Waals surface area (Å²) >= 11 is 6.45. The number of hydrogen-bond acceptors (Lipinski definition) is 5. The Balaban J connectivity index is 1.31. The number of morpholine rings is 1. The van der Waals surface area contributed by atoms with E-state index in [0.717, 1.165) is 29.1 Å². The van der Waals surface area contributed by atoms with Gasteiger partial charge in [0.25, 0.3) is 5.91 Å². The minimum atomic E-state index is -0.116. The molecule has 0 radical (unpaired) electrons. The zero-order valence-corrected chi connectivity index (χ0v) is 19.6. The molecule has 1 aliphatic heterocycles. The second-order valence-corrected chi connectivity index (χ2v) is 8.85. The maximum absolute atomic E-state index is 12.8. The standard InChI is InChI=1S/C26H27ClN4O3/c27-22-7-3-1-5-20(22)16-30(10-9-19-15-28-23-8-4-2-6-21(19)23)17-25-29-24(18-34-25)26(32)31-11-13-33-14-12-31/h1-8,15,18,28H,9-14,16-17H2. The Hall–Kier alpha value is -3.13. The average Bonchev–Trinajstić information content (AvgIpc) is 3.51. The summed E-state index contributed by atoms with van der Waals surface area (Å²) in [5, 5.41) is 1.96. The molecule has 0 saturated carbocycles. The molecule has 4 aromatic rings. The summed E-state index contributed by atoms with van der Waals surface area (Å²) < 4.78 is 11.0. The molecule has 1 saturated heterocycles. The molecule has 3 heterocycles. The lowest BCUT2D eigenvalue weighted by Crippen LogP contribution is -2.40. The van der Waals surface area contributed by atoms with Gasteiger partial charge in [-0.1, -0.05) is 48.0 Å². The number of amides is 1. The third-order valence-electron chi connectivity index (χ3n) is 6.15. The monoisotopic (exact) mass is 478 g/mol. The number of aromatic nitrogens is 2. The maximum atomic E-state index is 12.8. The summed E-state index contributed by atoms with van der Waals surface area (Å²) in [5.74, 6) is 0.400. The number of nitrogens with zero attached hydrogens (tertiary/aromatic N) is 3. The van der Waals surface area contributed by atoms with Gasteiger partial charge in [0, 0.05) is 48.3 Å². The van der Waals surface area contributed by atoms with Crippen molar-refractivity contribution in [3.05, 3.63) is 88.7 Å². The molecule has 5 rings (SSSR count). The van der Waals surface area contributed by atoms with Gasteiger partial charge in [0.2, 0.25) is 5.89 Å². The van der Waals surface area contributed by atoms with Gasteiger partial charge in [0.05, 0.1) is 19.8 Å². The summed E-state index contributed by atoms with van der Waals surface area (Å²) in [7, 11) is 0. The highest BCUT2D eigenvalue weighted by atomic mass is 35.5. The second kappa shape index (κ2) is 10.4. The molecule has 1 aliphatic rings. The molecular weight excluding hydrogens is 452 g/mol. The predicted molar refractivity (Wildman–Crippen MR) is 131 cm³/mol. The van der Waals surface area contributed by atoms with E-state index in [1.807, 2.05) is 30.3 Å². The van der Waals surface area contributed by atoms with Crippen molar-refractivity contribution in [2.24, 2.45) is 0 Å².